The van der Waals surface area contributed by atoms with Gasteiger partial charge in [-0.25, -0.2) is 0 Å². The SMILES string of the molecule is CN1CCCN(C)CCCN(C)CCN(C)CCC1.CN1CCCN(C)CCCN(C)CCN(C)CCC1.ClCCl.ClCCl.ClCCl.[Fe+2].[Fe+2].[S-]c1ccccc1.[S-]c1ccccc1.c1ccc([B-](c2ccccc2)(c2ccccc2)c2ccccc2)cc1.c1ccc([B-](c2ccccc2)(c2ccccc2)c2ccccc2)cc1. The first-order valence-corrected chi connectivity index (χ1v) is 43.1. The van der Waals surface area contributed by atoms with Gasteiger partial charge in [0.1, 0.15) is 12.3 Å². The molecular weight excluding hydrogens is 1640 g/mol. The van der Waals surface area contributed by atoms with Crippen LogP contribution in [0.2, 0.25) is 0 Å². The van der Waals surface area contributed by atoms with Crippen LogP contribution in [-0.4, -0.2) is 229 Å². The van der Waals surface area contributed by atoms with Crippen molar-refractivity contribution in [1.29, 1.82) is 0 Å². The smallest absolute Gasteiger partial charge is 0.780 e. The summed E-state index contributed by atoms with van der Waals surface area (Å²) in [5, 5.41) is 0.583. The largest absolute Gasteiger partial charge is 2.00 e. The van der Waals surface area contributed by atoms with Crippen molar-refractivity contribution < 1.29 is 34.1 Å². The Morgan fingerprint density at radius 3 is 0.389 bits per heavy atom. The van der Waals surface area contributed by atoms with Crippen molar-refractivity contribution in [3.8, 4) is 0 Å². The van der Waals surface area contributed by atoms with Gasteiger partial charge in [-0.1, -0.05) is 303 Å². The number of hydrogen-bond acceptors (Lipinski definition) is 10. The van der Waals surface area contributed by atoms with Crippen LogP contribution in [0.4, 0.5) is 0 Å². The van der Waals surface area contributed by atoms with Crippen LogP contribution in [0.3, 0.4) is 0 Å². The van der Waals surface area contributed by atoms with E-state index in [0.717, 1.165) is 9.79 Å². The molecule has 113 heavy (non-hydrogen) atoms. The van der Waals surface area contributed by atoms with Gasteiger partial charge in [-0.2, -0.15) is 53.5 Å². The molecule has 0 aliphatic carbocycles. The molecule has 0 bridgehead atoms. The van der Waals surface area contributed by atoms with Gasteiger partial charge in [0, 0.05) is 26.2 Å². The first kappa shape index (κ1) is 104. The first-order chi connectivity index (χ1) is 54.0. The molecule has 0 radical (unpaired) electrons. The van der Waals surface area contributed by atoms with Gasteiger partial charge < -0.3 is 64.5 Å². The minimum Gasteiger partial charge on any atom is -0.780 e. The predicted molar refractivity (Wildman–Crippen MR) is 502 cm³/mol. The molecule has 0 amide bonds. The van der Waals surface area contributed by atoms with E-state index in [2.05, 4.69) is 338 Å². The van der Waals surface area contributed by atoms with E-state index in [9.17, 15) is 0 Å². The minimum atomic E-state index is -1.22. The molecule has 0 unspecified atom stereocenters. The minimum absolute atomic E-state index is 0. The van der Waals surface area contributed by atoms with E-state index in [1.54, 1.807) is 0 Å². The number of alkyl halides is 6. The summed E-state index contributed by atoms with van der Waals surface area (Å²) in [6, 6.07) is 106. The van der Waals surface area contributed by atoms with Crippen LogP contribution >= 0.6 is 69.6 Å². The summed E-state index contributed by atoms with van der Waals surface area (Å²) in [5.74, 6) is 0. The molecule has 20 heteroatoms. The number of likely N-dealkylation sites (N-methyl/N-ethyl adjacent to an activating group) is 4. The molecule has 2 heterocycles. The average molecular weight is 1760 g/mol. The van der Waals surface area contributed by atoms with Gasteiger partial charge in [0.05, 0.1) is 16.0 Å². The molecule has 0 aromatic heterocycles. The standard InChI is InChI=1S/2C24H20B.2C15H34N4.2C6H6S.3CH2Cl2.2Fe/c2*1-5-13-21(14-6-1)25(22-15-7-2-8-16-22,23-17-9-3-10-18-23)24-19-11-4-12-20-24;2*1-16-8-5-9-17(2)11-7-13-19(4)15-14-18(3)12-6-10-16;2*7-6-4-2-1-3-5-6;3*2-1-3;;/h2*1-20H;2*5-15H2,1-4H3;2*1-5,7H;3*1H2;;/q2*-1;;;;;;;;2*+2/p-2. The Balaban J connectivity index is 0.000000466. The van der Waals surface area contributed by atoms with Crippen LogP contribution in [-0.2, 0) is 59.4 Å². The van der Waals surface area contributed by atoms with E-state index >= 15 is 0 Å². The van der Waals surface area contributed by atoms with Crippen molar-refractivity contribution in [1.82, 2.24) is 39.2 Å². The molecule has 12 rings (SSSR count). The third-order valence-electron chi connectivity index (χ3n) is 20.1. The molecule has 2 aliphatic rings. The molecule has 10 aromatic rings. The average Bonchev–Trinajstić information content (AvgIpc) is 0.747. The fourth-order valence-electron chi connectivity index (χ4n) is 14.3. The normalized spacial score (nSPS) is 15.2. The first-order valence-electron chi connectivity index (χ1n) is 39.1. The molecule has 10 aromatic carbocycles. The molecule has 2 saturated heterocycles. The zero-order valence-electron chi connectivity index (χ0n) is 68.1. The van der Waals surface area contributed by atoms with E-state index in [1.165, 1.54) is 187 Å². The van der Waals surface area contributed by atoms with Crippen LogP contribution < -0.4 is 43.7 Å². The number of rotatable bonds is 8. The van der Waals surface area contributed by atoms with Crippen LogP contribution in [0.25, 0.3) is 0 Å². The Morgan fingerprint density at radius 2 is 0.292 bits per heavy atom. The fraction of sp³-hybridized carbons (Fsp3) is 0.355. The molecule has 612 valence electrons. The fourth-order valence-corrected chi connectivity index (χ4v) is 14.6. The number of hydrogen-bond donors (Lipinski definition) is 0. The Labute approximate surface area is 746 Å². The van der Waals surface area contributed by atoms with Gasteiger partial charge in [-0.15, -0.1) is 69.6 Å². The third kappa shape index (κ3) is 41.5. The second kappa shape index (κ2) is 65.2. The maximum Gasteiger partial charge on any atom is 2.00 e. The van der Waals surface area contributed by atoms with Crippen LogP contribution in [0, 0.1) is 0 Å². The molecule has 2 fully saturated rings. The van der Waals surface area contributed by atoms with E-state index in [4.69, 9.17) is 94.9 Å². The zero-order valence-corrected chi connectivity index (χ0v) is 76.4. The Hall–Kier alpha value is -4.77. The molecule has 2 aliphatic heterocycles. The Kier molecular flexibility index (Phi) is 60.2. The predicted octanol–water partition coefficient (Wildman–Crippen LogP) is 15.4. The molecular formula is C93H124B2Cl6Fe2N8S2. The summed E-state index contributed by atoms with van der Waals surface area (Å²) in [6.45, 7) is 19.5. The van der Waals surface area contributed by atoms with Gasteiger partial charge in [-0.05, 0) is 173 Å². The summed E-state index contributed by atoms with van der Waals surface area (Å²) in [7, 11) is 18.0. The molecule has 0 saturated carbocycles. The van der Waals surface area contributed by atoms with Gasteiger partial charge in [0.25, 0.3) is 0 Å². The number of benzene rings is 10. The van der Waals surface area contributed by atoms with Crippen LogP contribution in [0.5, 0.6) is 0 Å². The summed E-state index contributed by atoms with van der Waals surface area (Å²) < 4.78 is 0. The van der Waals surface area contributed by atoms with Gasteiger partial charge in [0.2, 0.25) is 0 Å². The molecule has 0 atom stereocenters. The molecule has 0 N–H and O–H groups in total. The summed E-state index contributed by atoms with van der Waals surface area (Å²) in [4.78, 5) is 21.6. The summed E-state index contributed by atoms with van der Waals surface area (Å²) in [6.07, 6.45) is 5.29. The summed E-state index contributed by atoms with van der Waals surface area (Å²) in [5.41, 5.74) is 10.7. The zero-order chi connectivity index (χ0) is 80.4. The second-order valence-corrected chi connectivity index (χ2v) is 31.9. The van der Waals surface area contributed by atoms with Crippen LogP contribution in [0.15, 0.2) is 313 Å². The third-order valence-corrected chi connectivity index (χ3v) is 20.6. The number of halogens is 6. The maximum atomic E-state index is 4.81. The number of nitrogens with zero attached hydrogens (tertiary/aromatic N) is 8. The van der Waals surface area contributed by atoms with E-state index in [1.807, 2.05) is 60.7 Å². The maximum absolute atomic E-state index is 4.81. The van der Waals surface area contributed by atoms with Gasteiger partial charge >= 0.3 is 34.1 Å². The van der Waals surface area contributed by atoms with Crippen molar-refractivity contribution in [3.63, 3.8) is 0 Å². The Bertz CT molecular complexity index is 3160. The van der Waals surface area contributed by atoms with Gasteiger partial charge in [-0.3, -0.25) is 0 Å². The van der Waals surface area contributed by atoms with Crippen molar-refractivity contribution in [3.05, 3.63) is 303 Å². The second-order valence-electron chi connectivity index (χ2n) is 28.5. The quantitative estimate of drug-likeness (QED) is 0.0832. The van der Waals surface area contributed by atoms with Crippen molar-refractivity contribution in [2.45, 2.75) is 48.3 Å². The Morgan fingerprint density at radius 1 is 0.195 bits per heavy atom. The van der Waals surface area contributed by atoms with E-state index in [0.29, 0.717) is 0 Å². The van der Waals surface area contributed by atoms with Crippen LogP contribution in [0.1, 0.15) is 38.5 Å². The van der Waals surface area contributed by atoms with Gasteiger partial charge in [0.15, 0.2) is 0 Å². The topological polar surface area (TPSA) is 25.9 Å². The van der Waals surface area contributed by atoms with Crippen molar-refractivity contribution >= 4 is 151 Å². The van der Waals surface area contributed by atoms with Crippen molar-refractivity contribution in [2.75, 3.05) is 177 Å². The summed E-state index contributed by atoms with van der Waals surface area (Å²) >= 11 is 38.2. The van der Waals surface area contributed by atoms with E-state index < -0.39 is 12.3 Å². The molecule has 8 nitrogen and oxygen atoms in total. The van der Waals surface area contributed by atoms with E-state index in [-0.39, 0.29) is 50.2 Å². The van der Waals surface area contributed by atoms with Crippen molar-refractivity contribution in [2.24, 2.45) is 0 Å². The molecule has 0 spiro atoms. The monoisotopic (exact) mass is 1760 g/mol.